The Kier molecular flexibility index (Phi) is 22.0. The number of esters is 2. The van der Waals surface area contributed by atoms with E-state index in [1.165, 1.54) is 77.0 Å². The van der Waals surface area contributed by atoms with Gasteiger partial charge in [0.2, 0.25) is 11.8 Å². The predicted molar refractivity (Wildman–Crippen MR) is 191 cm³/mol. The van der Waals surface area contributed by atoms with E-state index in [-0.39, 0.29) is 35.3 Å². The number of hydrogen-bond acceptors (Lipinski definition) is 6. The van der Waals surface area contributed by atoms with Crippen LogP contribution in [0.4, 0.5) is 0 Å². The number of nitrogens with one attached hydrogen (secondary N) is 1. The highest BCUT2D eigenvalue weighted by Gasteiger charge is 2.31. The van der Waals surface area contributed by atoms with Crippen molar-refractivity contribution in [3.8, 4) is 0 Å². The second-order valence-corrected chi connectivity index (χ2v) is 15.8. The zero-order chi connectivity index (χ0) is 35.1. The van der Waals surface area contributed by atoms with Crippen LogP contribution in [0.1, 0.15) is 190 Å². The lowest BCUT2D eigenvalue weighted by atomic mass is 9.95. The summed E-state index contributed by atoms with van der Waals surface area (Å²) in [6, 6.07) is -0.617. The van der Waals surface area contributed by atoms with Gasteiger partial charge >= 0.3 is 11.9 Å². The Hall–Kier alpha value is -2.12. The first kappa shape index (κ1) is 42.9. The van der Waals surface area contributed by atoms with Gasteiger partial charge in [-0.25, -0.2) is 4.79 Å². The number of amides is 2. The molecule has 1 aliphatic rings. The van der Waals surface area contributed by atoms with E-state index in [4.69, 9.17) is 9.47 Å². The fourth-order valence-corrected chi connectivity index (χ4v) is 6.16. The van der Waals surface area contributed by atoms with Crippen LogP contribution in [0.15, 0.2) is 0 Å². The molecule has 0 aromatic rings. The first-order chi connectivity index (χ1) is 22.2. The van der Waals surface area contributed by atoms with Gasteiger partial charge in [-0.1, -0.05) is 103 Å². The Labute approximate surface area is 288 Å². The lowest BCUT2D eigenvalue weighted by molar-refractivity contribution is -0.159. The molecule has 2 amide bonds. The van der Waals surface area contributed by atoms with Crippen molar-refractivity contribution >= 4 is 23.8 Å². The first-order valence-electron chi connectivity index (χ1n) is 19.2. The molecule has 274 valence electrons. The average Bonchev–Trinajstić information content (AvgIpc) is 2.98. The fraction of sp³-hybridized carbons (Fsp3) is 0.897. The molecule has 1 rings (SSSR count). The Bertz CT molecular complexity index is 883. The zero-order valence-electron chi connectivity index (χ0n) is 31.5. The van der Waals surface area contributed by atoms with E-state index in [2.05, 4.69) is 5.32 Å². The second kappa shape index (κ2) is 24.1. The number of hydrogen-bond donors (Lipinski definition) is 1. The summed E-state index contributed by atoms with van der Waals surface area (Å²) in [6.45, 7) is 14.5. The molecule has 1 saturated heterocycles. The van der Waals surface area contributed by atoms with Gasteiger partial charge in [-0.15, -0.1) is 0 Å². The molecule has 47 heavy (non-hydrogen) atoms. The molecular weight excluding hydrogens is 592 g/mol. The van der Waals surface area contributed by atoms with Crippen LogP contribution in [-0.4, -0.2) is 59.0 Å². The summed E-state index contributed by atoms with van der Waals surface area (Å²) in [5, 5.41) is 2.92. The van der Waals surface area contributed by atoms with E-state index in [1.54, 1.807) is 0 Å². The van der Waals surface area contributed by atoms with Gasteiger partial charge in [-0.2, -0.15) is 0 Å². The van der Waals surface area contributed by atoms with Crippen molar-refractivity contribution in [2.45, 2.75) is 207 Å². The van der Waals surface area contributed by atoms with E-state index in [1.807, 2.05) is 53.4 Å². The van der Waals surface area contributed by atoms with Crippen molar-refractivity contribution in [1.29, 1.82) is 0 Å². The molecule has 0 saturated carbocycles. The summed E-state index contributed by atoms with van der Waals surface area (Å²) < 4.78 is 10.9. The summed E-state index contributed by atoms with van der Waals surface area (Å²) in [4.78, 5) is 51.8. The number of piperidine rings is 1. The molecule has 0 aromatic carbocycles. The Morgan fingerprint density at radius 1 is 0.638 bits per heavy atom. The fourth-order valence-electron chi connectivity index (χ4n) is 6.16. The molecule has 8 heteroatoms. The molecule has 1 aliphatic heterocycles. The molecule has 1 N–H and O–H groups in total. The van der Waals surface area contributed by atoms with Crippen LogP contribution in [0.5, 0.6) is 0 Å². The number of likely N-dealkylation sites (tertiary alicyclic amines) is 1. The third-order valence-corrected chi connectivity index (χ3v) is 8.75. The number of ether oxygens (including phenoxy) is 2. The van der Waals surface area contributed by atoms with Gasteiger partial charge in [0.25, 0.3) is 0 Å². The van der Waals surface area contributed by atoms with Crippen molar-refractivity contribution in [1.82, 2.24) is 10.2 Å². The normalized spacial score (nSPS) is 14.9. The lowest BCUT2D eigenvalue weighted by Gasteiger charge is -2.32. The standard InChI is InChI=1S/C39H72N2O6/c1-8-25-33(37(45)47-39(5,6)7)40-36(44)32-28-30-41(31-29-32)34(42)26-23-21-19-17-15-13-11-9-10-12-14-16-18-20-22-24-27-35(43)46-38(2,3)4/h32-33H,8-31H2,1-7H3,(H,40,44)/t33-/m0/s1. The van der Waals surface area contributed by atoms with Crippen molar-refractivity contribution in [3.63, 3.8) is 0 Å². The van der Waals surface area contributed by atoms with Gasteiger partial charge in [0.1, 0.15) is 17.2 Å². The van der Waals surface area contributed by atoms with E-state index in [0.717, 1.165) is 32.1 Å². The third kappa shape index (κ3) is 23.0. The largest absolute Gasteiger partial charge is 0.460 e. The molecule has 1 heterocycles. The summed E-state index contributed by atoms with van der Waals surface area (Å²) in [5.74, 6) is -0.503. The maximum Gasteiger partial charge on any atom is 0.329 e. The minimum atomic E-state index is -0.617. The molecule has 0 aromatic heterocycles. The van der Waals surface area contributed by atoms with Crippen LogP contribution in [0.3, 0.4) is 0 Å². The van der Waals surface area contributed by atoms with Crippen LogP contribution in [-0.2, 0) is 28.7 Å². The number of unbranched alkanes of at least 4 members (excludes halogenated alkanes) is 15. The van der Waals surface area contributed by atoms with Crippen LogP contribution in [0, 0.1) is 5.92 Å². The van der Waals surface area contributed by atoms with Crippen molar-refractivity contribution < 1.29 is 28.7 Å². The van der Waals surface area contributed by atoms with Gasteiger partial charge in [-0.05, 0) is 73.6 Å². The van der Waals surface area contributed by atoms with Gasteiger partial charge in [0.15, 0.2) is 0 Å². The maximum atomic E-state index is 12.9. The maximum absolute atomic E-state index is 12.9. The van der Waals surface area contributed by atoms with Gasteiger partial charge in [-0.3, -0.25) is 14.4 Å². The van der Waals surface area contributed by atoms with Crippen LogP contribution >= 0.6 is 0 Å². The van der Waals surface area contributed by atoms with Crippen LogP contribution < -0.4 is 5.32 Å². The number of carbonyl (C=O) groups is 4. The quantitative estimate of drug-likeness (QED) is 0.0815. The lowest BCUT2D eigenvalue weighted by Crippen LogP contribution is -2.48. The van der Waals surface area contributed by atoms with E-state index in [9.17, 15) is 19.2 Å². The van der Waals surface area contributed by atoms with E-state index in [0.29, 0.717) is 45.2 Å². The van der Waals surface area contributed by atoms with Crippen LogP contribution in [0.25, 0.3) is 0 Å². The Morgan fingerprint density at radius 3 is 1.45 bits per heavy atom. The topological polar surface area (TPSA) is 102 Å². The van der Waals surface area contributed by atoms with Gasteiger partial charge in [0.05, 0.1) is 0 Å². The molecule has 1 atom stereocenters. The number of rotatable bonds is 24. The van der Waals surface area contributed by atoms with Gasteiger partial charge < -0.3 is 19.7 Å². The molecule has 0 spiro atoms. The molecule has 0 bridgehead atoms. The van der Waals surface area contributed by atoms with E-state index < -0.39 is 11.6 Å². The third-order valence-electron chi connectivity index (χ3n) is 8.75. The zero-order valence-corrected chi connectivity index (χ0v) is 31.5. The van der Waals surface area contributed by atoms with Crippen molar-refractivity contribution in [3.05, 3.63) is 0 Å². The molecule has 0 aliphatic carbocycles. The molecule has 8 nitrogen and oxygen atoms in total. The summed E-state index contributed by atoms with van der Waals surface area (Å²) in [5.41, 5.74) is -0.964. The Morgan fingerprint density at radius 2 is 1.04 bits per heavy atom. The minimum Gasteiger partial charge on any atom is -0.460 e. The molecule has 0 radical (unpaired) electrons. The first-order valence-corrected chi connectivity index (χ1v) is 19.2. The Balaban J connectivity index is 1.98. The van der Waals surface area contributed by atoms with Crippen molar-refractivity contribution in [2.75, 3.05) is 13.1 Å². The number of carbonyl (C=O) groups excluding carboxylic acids is 4. The summed E-state index contributed by atoms with van der Waals surface area (Å²) in [7, 11) is 0. The smallest absolute Gasteiger partial charge is 0.329 e. The molecule has 1 fully saturated rings. The van der Waals surface area contributed by atoms with E-state index >= 15 is 0 Å². The highest BCUT2D eigenvalue weighted by Crippen LogP contribution is 2.21. The van der Waals surface area contributed by atoms with Crippen LogP contribution in [0.2, 0.25) is 0 Å². The highest BCUT2D eigenvalue weighted by atomic mass is 16.6. The summed E-state index contributed by atoms with van der Waals surface area (Å²) in [6.07, 6.45) is 23.4. The minimum absolute atomic E-state index is 0.0709. The summed E-state index contributed by atoms with van der Waals surface area (Å²) >= 11 is 0. The average molecular weight is 665 g/mol. The molecule has 0 unspecified atom stereocenters. The number of nitrogens with zero attached hydrogens (tertiary/aromatic N) is 1. The predicted octanol–water partition coefficient (Wildman–Crippen LogP) is 9.22. The molecular formula is C39H72N2O6. The van der Waals surface area contributed by atoms with Crippen molar-refractivity contribution in [2.24, 2.45) is 5.92 Å². The monoisotopic (exact) mass is 665 g/mol. The second-order valence-electron chi connectivity index (χ2n) is 15.8. The highest BCUT2D eigenvalue weighted by molar-refractivity contribution is 5.86. The SMILES string of the molecule is CCC[C@H](NC(=O)C1CCN(C(=O)CCCCCCCCCCCCCCCCCCC(=O)OC(C)(C)C)CC1)C(=O)OC(C)(C)C. The van der Waals surface area contributed by atoms with Gasteiger partial charge in [0, 0.05) is 31.8 Å².